The third kappa shape index (κ3) is 11.2. The summed E-state index contributed by atoms with van der Waals surface area (Å²) in [5.74, 6) is -0.401. The molecular weight excluding hydrogens is 252 g/mol. The molecule has 0 rings (SSSR count). The Hall–Kier alpha value is -1.90. The first-order valence-electron chi connectivity index (χ1n) is 6.73. The summed E-state index contributed by atoms with van der Waals surface area (Å²) < 4.78 is 4.64. The third-order valence-corrected chi connectivity index (χ3v) is 2.54. The molecule has 0 fully saturated rings. The van der Waals surface area contributed by atoms with Crippen LogP contribution in [0, 0.1) is 0 Å². The lowest BCUT2D eigenvalue weighted by atomic mass is 10.1. The summed E-state index contributed by atoms with van der Waals surface area (Å²) in [5.41, 5.74) is 3.13. The first-order chi connectivity index (χ1) is 9.45. The Bertz CT molecular complexity index is 433. The Morgan fingerprint density at radius 3 is 2.30 bits per heavy atom. The topological polar surface area (TPSA) is 43.4 Å². The molecule has 0 aliphatic rings. The van der Waals surface area contributed by atoms with Crippen molar-refractivity contribution < 1.29 is 14.3 Å². The number of aldehydes is 1. The zero-order chi connectivity index (χ0) is 15.4. The zero-order valence-electron chi connectivity index (χ0n) is 12.8. The highest BCUT2D eigenvalue weighted by atomic mass is 16.5. The monoisotopic (exact) mass is 276 g/mol. The molecule has 0 aromatic rings. The highest BCUT2D eigenvalue weighted by Crippen LogP contribution is 2.08. The van der Waals surface area contributed by atoms with Crippen LogP contribution in [-0.4, -0.2) is 12.3 Å². The maximum Gasteiger partial charge on any atom is 0.307 e. The van der Waals surface area contributed by atoms with E-state index in [-0.39, 0.29) is 0 Å². The van der Waals surface area contributed by atoms with Gasteiger partial charge in [-0.2, -0.15) is 0 Å². The Balaban J connectivity index is 4.29. The average molecular weight is 276 g/mol. The molecule has 0 aliphatic carbocycles. The fraction of sp³-hybridized carbons (Fsp3) is 0.412. The molecule has 0 aromatic carbocycles. The van der Waals surface area contributed by atoms with Crippen LogP contribution in [0.15, 0.2) is 47.3 Å². The number of allylic oxidation sites excluding steroid dienone is 7. The number of ether oxygens (including phenoxy) is 1. The SMILES string of the molecule is CC(=O)OC=CC(C=O)=CCC=C(C)CCC=C(C)C. The van der Waals surface area contributed by atoms with Gasteiger partial charge in [0.05, 0.1) is 6.26 Å². The van der Waals surface area contributed by atoms with E-state index < -0.39 is 5.97 Å². The van der Waals surface area contributed by atoms with E-state index in [9.17, 15) is 9.59 Å². The third-order valence-electron chi connectivity index (χ3n) is 2.54. The highest BCUT2D eigenvalue weighted by Gasteiger charge is 1.91. The molecule has 0 spiro atoms. The van der Waals surface area contributed by atoms with Crippen LogP contribution in [-0.2, 0) is 14.3 Å². The predicted octanol–water partition coefficient (Wildman–Crippen LogP) is 4.27. The molecule has 20 heavy (non-hydrogen) atoms. The zero-order valence-corrected chi connectivity index (χ0v) is 12.8. The van der Waals surface area contributed by atoms with Crippen molar-refractivity contribution in [1.29, 1.82) is 0 Å². The van der Waals surface area contributed by atoms with E-state index in [1.165, 1.54) is 30.4 Å². The summed E-state index contributed by atoms with van der Waals surface area (Å²) in [4.78, 5) is 21.4. The number of hydrogen-bond acceptors (Lipinski definition) is 3. The van der Waals surface area contributed by atoms with Crippen LogP contribution >= 0.6 is 0 Å². The summed E-state index contributed by atoms with van der Waals surface area (Å²) in [6.45, 7) is 7.58. The van der Waals surface area contributed by atoms with Gasteiger partial charge in [0.1, 0.15) is 6.29 Å². The summed E-state index contributed by atoms with van der Waals surface area (Å²) in [7, 11) is 0. The molecule has 0 saturated heterocycles. The number of carbonyl (C=O) groups excluding carboxylic acids is 2. The number of esters is 1. The first kappa shape index (κ1) is 18.1. The van der Waals surface area contributed by atoms with E-state index in [1.807, 2.05) is 0 Å². The quantitative estimate of drug-likeness (QED) is 0.166. The molecule has 0 amide bonds. The minimum Gasteiger partial charge on any atom is -0.435 e. The molecule has 0 atom stereocenters. The van der Waals surface area contributed by atoms with Crippen molar-refractivity contribution in [2.75, 3.05) is 0 Å². The van der Waals surface area contributed by atoms with Gasteiger partial charge in [-0.05, 0) is 46.1 Å². The molecule has 0 saturated carbocycles. The fourth-order valence-corrected chi connectivity index (χ4v) is 1.45. The summed E-state index contributed by atoms with van der Waals surface area (Å²) >= 11 is 0. The fourth-order valence-electron chi connectivity index (χ4n) is 1.45. The van der Waals surface area contributed by atoms with Crippen LogP contribution in [0.1, 0.15) is 47.0 Å². The van der Waals surface area contributed by atoms with E-state index >= 15 is 0 Å². The average Bonchev–Trinajstić information content (AvgIpc) is 2.36. The Morgan fingerprint density at radius 2 is 1.75 bits per heavy atom. The van der Waals surface area contributed by atoms with E-state index in [1.54, 1.807) is 6.08 Å². The van der Waals surface area contributed by atoms with Crippen LogP contribution in [0.2, 0.25) is 0 Å². The van der Waals surface area contributed by atoms with Gasteiger partial charge in [-0.15, -0.1) is 0 Å². The van der Waals surface area contributed by atoms with Crippen LogP contribution in [0.5, 0.6) is 0 Å². The van der Waals surface area contributed by atoms with E-state index in [0.29, 0.717) is 12.0 Å². The lowest BCUT2D eigenvalue weighted by molar-refractivity contribution is -0.135. The normalized spacial score (nSPS) is 12.4. The van der Waals surface area contributed by atoms with Gasteiger partial charge in [0, 0.05) is 12.5 Å². The van der Waals surface area contributed by atoms with Crippen molar-refractivity contribution in [2.45, 2.75) is 47.0 Å². The maximum atomic E-state index is 10.8. The Morgan fingerprint density at radius 1 is 1.05 bits per heavy atom. The van der Waals surface area contributed by atoms with Crippen molar-refractivity contribution in [3.63, 3.8) is 0 Å². The molecule has 0 bridgehead atoms. The second-order valence-corrected chi connectivity index (χ2v) is 4.84. The first-order valence-corrected chi connectivity index (χ1v) is 6.73. The molecule has 0 heterocycles. The summed E-state index contributed by atoms with van der Waals surface area (Å²) in [6.07, 6.45) is 12.3. The molecule has 3 heteroatoms. The molecule has 0 aromatic heterocycles. The van der Waals surface area contributed by atoms with E-state index in [0.717, 1.165) is 19.1 Å². The molecule has 110 valence electrons. The van der Waals surface area contributed by atoms with Crippen molar-refractivity contribution in [1.82, 2.24) is 0 Å². The van der Waals surface area contributed by atoms with Crippen LogP contribution < -0.4 is 0 Å². The maximum absolute atomic E-state index is 10.8. The van der Waals surface area contributed by atoms with Gasteiger partial charge in [-0.1, -0.05) is 29.4 Å². The lowest BCUT2D eigenvalue weighted by Gasteiger charge is -1.98. The largest absolute Gasteiger partial charge is 0.435 e. The van der Waals surface area contributed by atoms with Crippen molar-refractivity contribution in [3.8, 4) is 0 Å². The Kier molecular flexibility index (Phi) is 9.93. The molecular formula is C17H24O3. The van der Waals surface area contributed by atoms with Crippen LogP contribution in [0.3, 0.4) is 0 Å². The molecule has 0 N–H and O–H groups in total. The number of carbonyl (C=O) groups is 2. The summed E-state index contributed by atoms with van der Waals surface area (Å²) in [6, 6.07) is 0. The van der Waals surface area contributed by atoms with Crippen LogP contribution in [0.4, 0.5) is 0 Å². The Labute approximate surface area is 121 Å². The van der Waals surface area contributed by atoms with Crippen molar-refractivity contribution in [3.05, 3.63) is 47.3 Å². The smallest absolute Gasteiger partial charge is 0.307 e. The van der Waals surface area contributed by atoms with Gasteiger partial charge in [-0.25, -0.2) is 0 Å². The van der Waals surface area contributed by atoms with Crippen molar-refractivity contribution >= 4 is 12.3 Å². The second-order valence-electron chi connectivity index (χ2n) is 4.84. The molecule has 0 radical (unpaired) electrons. The van der Waals surface area contributed by atoms with E-state index in [2.05, 4.69) is 37.7 Å². The highest BCUT2D eigenvalue weighted by molar-refractivity contribution is 5.77. The lowest BCUT2D eigenvalue weighted by Crippen LogP contribution is -1.90. The minimum absolute atomic E-state index is 0.401. The van der Waals surface area contributed by atoms with Gasteiger partial charge < -0.3 is 4.74 Å². The van der Waals surface area contributed by atoms with Crippen molar-refractivity contribution in [2.24, 2.45) is 0 Å². The van der Waals surface area contributed by atoms with E-state index in [4.69, 9.17) is 0 Å². The van der Waals surface area contributed by atoms with Gasteiger partial charge in [0.25, 0.3) is 0 Å². The number of rotatable bonds is 8. The van der Waals surface area contributed by atoms with Gasteiger partial charge >= 0.3 is 5.97 Å². The van der Waals surface area contributed by atoms with Gasteiger partial charge in [0.2, 0.25) is 0 Å². The second kappa shape index (κ2) is 11.0. The predicted molar refractivity (Wildman–Crippen MR) is 82.1 cm³/mol. The minimum atomic E-state index is -0.401. The molecule has 0 unspecified atom stereocenters. The van der Waals surface area contributed by atoms with Crippen LogP contribution in [0.25, 0.3) is 0 Å². The molecule has 0 aliphatic heterocycles. The molecule has 3 nitrogen and oxygen atoms in total. The summed E-state index contributed by atoms with van der Waals surface area (Å²) in [5, 5.41) is 0. The number of hydrogen-bond donors (Lipinski definition) is 0. The van der Waals surface area contributed by atoms with Gasteiger partial charge in [0.15, 0.2) is 0 Å². The standard InChI is InChI=1S/C17H24O3/c1-14(2)7-5-8-15(3)9-6-10-17(13-18)11-12-20-16(4)19/h7,9-13H,5-6,8H2,1-4H3. The van der Waals surface area contributed by atoms with Gasteiger partial charge in [-0.3, -0.25) is 9.59 Å².